The SMILES string of the molecule is CCOc1ccc(C(C)NC(=O)CCC(=O)c2ccc(Cl)cc2)cc1OCC. The van der Waals surface area contributed by atoms with Crippen LogP contribution >= 0.6 is 11.6 Å². The smallest absolute Gasteiger partial charge is 0.220 e. The number of carbonyl (C=O) groups excluding carboxylic acids is 2. The van der Waals surface area contributed by atoms with Gasteiger partial charge in [0.1, 0.15) is 0 Å². The van der Waals surface area contributed by atoms with Gasteiger partial charge in [0, 0.05) is 23.4 Å². The normalized spacial score (nSPS) is 11.6. The zero-order chi connectivity index (χ0) is 20.5. The Kier molecular flexibility index (Phi) is 8.33. The van der Waals surface area contributed by atoms with Crippen molar-refractivity contribution < 1.29 is 19.1 Å². The van der Waals surface area contributed by atoms with Gasteiger partial charge in [-0.25, -0.2) is 0 Å². The van der Waals surface area contributed by atoms with Crippen molar-refractivity contribution >= 4 is 23.3 Å². The quantitative estimate of drug-likeness (QED) is 0.568. The molecule has 5 nitrogen and oxygen atoms in total. The maximum absolute atomic E-state index is 12.3. The van der Waals surface area contributed by atoms with Gasteiger partial charge in [-0.3, -0.25) is 9.59 Å². The van der Waals surface area contributed by atoms with Crippen molar-refractivity contribution in [3.05, 3.63) is 58.6 Å². The summed E-state index contributed by atoms with van der Waals surface area (Å²) in [6.45, 7) is 6.79. The largest absolute Gasteiger partial charge is 0.490 e. The third kappa shape index (κ3) is 6.27. The molecule has 28 heavy (non-hydrogen) atoms. The third-order valence-electron chi connectivity index (χ3n) is 4.19. The van der Waals surface area contributed by atoms with E-state index in [9.17, 15) is 9.59 Å². The maximum Gasteiger partial charge on any atom is 0.220 e. The fraction of sp³-hybridized carbons (Fsp3) is 0.364. The molecule has 150 valence electrons. The van der Waals surface area contributed by atoms with Crippen LogP contribution in [0.1, 0.15) is 55.6 Å². The third-order valence-corrected chi connectivity index (χ3v) is 4.44. The van der Waals surface area contributed by atoms with E-state index in [1.165, 1.54) is 0 Å². The molecule has 1 amide bonds. The van der Waals surface area contributed by atoms with Gasteiger partial charge in [0.15, 0.2) is 17.3 Å². The minimum Gasteiger partial charge on any atom is -0.490 e. The van der Waals surface area contributed by atoms with E-state index in [4.69, 9.17) is 21.1 Å². The number of benzene rings is 2. The van der Waals surface area contributed by atoms with Crippen LogP contribution in [0.15, 0.2) is 42.5 Å². The number of hydrogen-bond donors (Lipinski definition) is 1. The molecule has 0 aromatic heterocycles. The molecule has 0 fully saturated rings. The maximum atomic E-state index is 12.3. The van der Waals surface area contributed by atoms with Gasteiger partial charge >= 0.3 is 0 Å². The van der Waals surface area contributed by atoms with Crippen LogP contribution in [-0.4, -0.2) is 24.9 Å². The van der Waals surface area contributed by atoms with Crippen LogP contribution in [0.5, 0.6) is 11.5 Å². The number of nitrogens with one attached hydrogen (secondary N) is 1. The predicted molar refractivity (Wildman–Crippen MR) is 110 cm³/mol. The van der Waals surface area contributed by atoms with Gasteiger partial charge in [-0.05, 0) is 62.7 Å². The Morgan fingerprint density at radius 3 is 2.25 bits per heavy atom. The molecule has 2 aromatic rings. The average Bonchev–Trinajstić information content (AvgIpc) is 2.68. The fourth-order valence-electron chi connectivity index (χ4n) is 2.74. The Hall–Kier alpha value is -2.53. The van der Waals surface area contributed by atoms with E-state index in [1.54, 1.807) is 24.3 Å². The molecule has 0 saturated heterocycles. The summed E-state index contributed by atoms with van der Waals surface area (Å²) in [6, 6.07) is 12.1. The lowest BCUT2D eigenvalue weighted by molar-refractivity contribution is -0.121. The Balaban J connectivity index is 1.93. The number of ether oxygens (including phenoxy) is 2. The Bertz CT molecular complexity index is 805. The van der Waals surface area contributed by atoms with E-state index < -0.39 is 0 Å². The summed E-state index contributed by atoms with van der Waals surface area (Å²) in [5.41, 5.74) is 1.46. The molecule has 0 radical (unpaired) electrons. The molecular formula is C22H26ClNO4. The number of rotatable bonds is 10. The van der Waals surface area contributed by atoms with E-state index in [0.717, 1.165) is 5.56 Å². The summed E-state index contributed by atoms with van der Waals surface area (Å²) in [6.07, 6.45) is 0.273. The first-order valence-electron chi connectivity index (χ1n) is 9.42. The summed E-state index contributed by atoms with van der Waals surface area (Å²) in [7, 11) is 0. The zero-order valence-corrected chi connectivity index (χ0v) is 17.2. The highest BCUT2D eigenvalue weighted by molar-refractivity contribution is 6.30. The molecule has 1 N–H and O–H groups in total. The van der Waals surface area contributed by atoms with Gasteiger partial charge in [-0.1, -0.05) is 17.7 Å². The van der Waals surface area contributed by atoms with Gasteiger partial charge in [0.05, 0.1) is 19.3 Å². The van der Waals surface area contributed by atoms with Crippen LogP contribution < -0.4 is 14.8 Å². The van der Waals surface area contributed by atoms with Gasteiger partial charge < -0.3 is 14.8 Å². The van der Waals surface area contributed by atoms with E-state index >= 15 is 0 Å². The van der Waals surface area contributed by atoms with E-state index in [1.807, 2.05) is 39.0 Å². The first-order chi connectivity index (χ1) is 13.4. The molecule has 1 unspecified atom stereocenters. The Morgan fingerprint density at radius 1 is 0.964 bits per heavy atom. The van der Waals surface area contributed by atoms with E-state index in [-0.39, 0.29) is 30.6 Å². The van der Waals surface area contributed by atoms with Crippen LogP contribution in [0, 0.1) is 0 Å². The molecule has 0 aliphatic carbocycles. The number of halogens is 1. The average molecular weight is 404 g/mol. The standard InChI is InChI=1S/C22H26ClNO4/c1-4-27-20-12-8-17(14-21(20)28-5-2)15(3)24-22(26)13-11-19(25)16-6-9-18(23)10-7-16/h6-10,12,14-15H,4-5,11,13H2,1-3H3,(H,24,26). The number of amides is 1. The van der Waals surface area contributed by atoms with Gasteiger partial charge in [0.25, 0.3) is 0 Å². The van der Waals surface area contributed by atoms with Crippen molar-refractivity contribution in [3.63, 3.8) is 0 Å². The van der Waals surface area contributed by atoms with Crippen LogP contribution in [0.25, 0.3) is 0 Å². The molecule has 0 saturated carbocycles. The lowest BCUT2D eigenvalue weighted by Gasteiger charge is -2.17. The highest BCUT2D eigenvalue weighted by atomic mass is 35.5. The molecule has 0 bridgehead atoms. The first-order valence-corrected chi connectivity index (χ1v) is 9.80. The molecule has 0 aliphatic heterocycles. The lowest BCUT2D eigenvalue weighted by atomic mass is 10.1. The van der Waals surface area contributed by atoms with Crippen molar-refractivity contribution in [1.29, 1.82) is 0 Å². The highest BCUT2D eigenvalue weighted by Crippen LogP contribution is 2.30. The molecule has 2 aromatic carbocycles. The van der Waals surface area contributed by atoms with Gasteiger partial charge in [-0.2, -0.15) is 0 Å². The fourth-order valence-corrected chi connectivity index (χ4v) is 2.87. The van der Waals surface area contributed by atoms with Crippen molar-refractivity contribution in [2.24, 2.45) is 0 Å². The summed E-state index contributed by atoms with van der Waals surface area (Å²) in [4.78, 5) is 24.4. The summed E-state index contributed by atoms with van der Waals surface area (Å²) in [5.74, 6) is 1.07. The Labute approximate surface area is 171 Å². The highest BCUT2D eigenvalue weighted by Gasteiger charge is 2.15. The molecular weight excluding hydrogens is 378 g/mol. The number of ketones is 1. The molecule has 2 rings (SSSR count). The number of Topliss-reactive ketones (excluding diaryl/α,β-unsaturated/α-hetero) is 1. The van der Waals surface area contributed by atoms with Crippen molar-refractivity contribution in [1.82, 2.24) is 5.32 Å². The number of carbonyl (C=O) groups is 2. The van der Waals surface area contributed by atoms with Crippen LogP contribution in [0.3, 0.4) is 0 Å². The minimum absolute atomic E-state index is 0.0841. The predicted octanol–water partition coefficient (Wildman–Crippen LogP) is 4.98. The molecule has 0 aliphatic rings. The molecule has 1 atom stereocenters. The Morgan fingerprint density at radius 2 is 1.61 bits per heavy atom. The van der Waals surface area contributed by atoms with Crippen molar-refractivity contribution in [2.75, 3.05) is 13.2 Å². The second kappa shape index (κ2) is 10.7. The molecule has 0 spiro atoms. The van der Waals surface area contributed by atoms with E-state index in [2.05, 4.69) is 5.32 Å². The summed E-state index contributed by atoms with van der Waals surface area (Å²) >= 11 is 5.83. The number of hydrogen-bond acceptors (Lipinski definition) is 4. The van der Waals surface area contributed by atoms with Gasteiger partial charge in [-0.15, -0.1) is 0 Å². The summed E-state index contributed by atoms with van der Waals surface area (Å²) in [5, 5.41) is 3.50. The van der Waals surface area contributed by atoms with Crippen LogP contribution in [0.4, 0.5) is 0 Å². The second-order valence-electron chi connectivity index (χ2n) is 6.29. The van der Waals surface area contributed by atoms with Crippen LogP contribution in [-0.2, 0) is 4.79 Å². The second-order valence-corrected chi connectivity index (χ2v) is 6.73. The van der Waals surface area contributed by atoms with Crippen molar-refractivity contribution in [3.8, 4) is 11.5 Å². The van der Waals surface area contributed by atoms with Crippen molar-refractivity contribution in [2.45, 2.75) is 39.7 Å². The molecule has 0 heterocycles. The topological polar surface area (TPSA) is 64.6 Å². The first kappa shape index (κ1) is 21.8. The van der Waals surface area contributed by atoms with Gasteiger partial charge in [0.2, 0.25) is 5.91 Å². The lowest BCUT2D eigenvalue weighted by Crippen LogP contribution is -2.27. The van der Waals surface area contributed by atoms with E-state index in [0.29, 0.717) is 35.3 Å². The zero-order valence-electron chi connectivity index (χ0n) is 16.5. The minimum atomic E-state index is -0.215. The monoisotopic (exact) mass is 403 g/mol. The summed E-state index contributed by atoms with van der Waals surface area (Å²) < 4.78 is 11.2. The van der Waals surface area contributed by atoms with Crippen LogP contribution in [0.2, 0.25) is 5.02 Å². The molecule has 6 heteroatoms.